The number of hydrogen-bond donors (Lipinski definition) is 0. The Morgan fingerprint density at radius 2 is 1.44 bits per heavy atom. The molecule has 10 heteroatoms. The number of carbonyl (C=O) groups is 2. The van der Waals surface area contributed by atoms with Gasteiger partial charge in [-0.2, -0.15) is 26.3 Å². The van der Waals surface area contributed by atoms with Crippen molar-refractivity contribution in [3.8, 4) is 0 Å². The van der Waals surface area contributed by atoms with Crippen molar-refractivity contribution in [3.05, 3.63) is 100 Å². The number of rotatable bonds is 6. The second-order valence-corrected chi connectivity index (χ2v) is 7.30. The lowest BCUT2D eigenvalue weighted by Crippen LogP contribution is -2.17. The summed E-state index contributed by atoms with van der Waals surface area (Å²) in [6, 6.07) is 10.7. The molecule has 0 aliphatic heterocycles. The maximum Gasteiger partial charge on any atom is 0.418 e. The van der Waals surface area contributed by atoms with Crippen molar-refractivity contribution in [1.82, 2.24) is 4.98 Å². The number of alkyl halides is 6. The number of pyridine rings is 1. The van der Waals surface area contributed by atoms with Gasteiger partial charge in [-0.1, -0.05) is 24.3 Å². The average molecular weight is 481 g/mol. The summed E-state index contributed by atoms with van der Waals surface area (Å²) >= 11 is 0. The van der Waals surface area contributed by atoms with Gasteiger partial charge in [0, 0.05) is 24.1 Å². The Bertz CT molecular complexity index is 1170. The standard InChI is InChI=1S/C24H17F6NO3/c1-34-22(33)16-6-4-15(5-7-16)20(32)13-18(14-8-10-17(11-9-14)23(25,26)27)21-19(24(28,29)30)3-2-12-31-21/h2-12,18H,13H2,1H3/t18-/m0/s1. The molecule has 178 valence electrons. The Balaban J connectivity index is 2.03. The Kier molecular flexibility index (Phi) is 7.09. The van der Waals surface area contributed by atoms with Gasteiger partial charge in [0.25, 0.3) is 0 Å². The molecule has 0 amide bonds. The molecule has 1 atom stereocenters. The van der Waals surface area contributed by atoms with Crippen LogP contribution in [0.25, 0.3) is 0 Å². The van der Waals surface area contributed by atoms with Gasteiger partial charge in [-0.05, 0) is 42.0 Å². The van der Waals surface area contributed by atoms with E-state index in [0.717, 1.165) is 42.6 Å². The largest absolute Gasteiger partial charge is 0.465 e. The van der Waals surface area contributed by atoms with Crippen LogP contribution >= 0.6 is 0 Å². The van der Waals surface area contributed by atoms with Gasteiger partial charge in [-0.15, -0.1) is 0 Å². The monoisotopic (exact) mass is 481 g/mol. The fourth-order valence-corrected chi connectivity index (χ4v) is 3.43. The molecule has 0 aliphatic rings. The highest BCUT2D eigenvalue weighted by Crippen LogP contribution is 2.39. The normalized spacial score (nSPS) is 12.8. The molecule has 0 N–H and O–H groups in total. The molecule has 1 heterocycles. The van der Waals surface area contributed by atoms with Crippen LogP contribution in [0.1, 0.15) is 55.4 Å². The zero-order valence-corrected chi connectivity index (χ0v) is 17.6. The first-order chi connectivity index (χ1) is 15.9. The van der Waals surface area contributed by atoms with Crippen LogP contribution < -0.4 is 0 Å². The quantitative estimate of drug-likeness (QED) is 0.235. The smallest absolute Gasteiger partial charge is 0.418 e. The van der Waals surface area contributed by atoms with Crippen molar-refractivity contribution in [3.63, 3.8) is 0 Å². The third-order valence-corrected chi connectivity index (χ3v) is 5.13. The minimum atomic E-state index is -4.79. The third kappa shape index (κ3) is 5.62. The molecule has 34 heavy (non-hydrogen) atoms. The minimum absolute atomic E-state index is 0.0664. The number of hydrogen-bond acceptors (Lipinski definition) is 4. The number of ether oxygens (including phenoxy) is 1. The molecule has 0 unspecified atom stereocenters. The van der Waals surface area contributed by atoms with Gasteiger partial charge in [0.05, 0.1) is 29.5 Å². The molecular formula is C24H17F6NO3. The first-order valence-electron chi connectivity index (χ1n) is 9.82. The third-order valence-electron chi connectivity index (χ3n) is 5.13. The molecule has 0 radical (unpaired) electrons. The van der Waals surface area contributed by atoms with Crippen molar-refractivity contribution in [1.29, 1.82) is 0 Å². The highest BCUT2D eigenvalue weighted by Gasteiger charge is 2.37. The number of nitrogens with zero attached hydrogens (tertiary/aromatic N) is 1. The molecule has 0 saturated heterocycles. The van der Waals surface area contributed by atoms with Crippen molar-refractivity contribution >= 4 is 11.8 Å². The van der Waals surface area contributed by atoms with E-state index in [9.17, 15) is 35.9 Å². The number of aromatic nitrogens is 1. The molecule has 4 nitrogen and oxygen atoms in total. The number of halogens is 6. The Morgan fingerprint density at radius 1 is 0.853 bits per heavy atom. The summed E-state index contributed by atoms with van der Waals surface area (Å²) in [6.45, 7) is 0. The van der Waals surface area contributed by atoms with Crippen LogP contribution in [0.5, 0.6) is 0 Å². The van der Waals surface area contributed by atoms with Crippen LogP contribution in [-0.2, 0) is 17.1 Å². The fraction of sp³-hybridized carbons (Fsp3) is 0.208. The molecule has 3 rings (SSSR count). The summed E-state index contributed by atoms with van der Waals surface area (Å²) in [5.74, 6) is -2.49. The molecule has 0 bridgehead atoms. The van der Waals surface area contributed by atoms with Gasteiger partial charge in [0.1, 0.15) is 0 Å². The number of benzene rings is 2. The van der Waals surface area contributed by atoms with Crippen LogP contribution in [-0.4, -0.2) is 23.8 Å². The molecular weight excluding hydrogens is 464 g/mol. The fourth-order valence-electron chi connectivity index (χ4n) is 3.43. The minimum Gasteiger partial charge on any atom is -0.465 e. The molecule has 2 aromatic carbocycles. The average Bonchev–Trinajstić information content (AvgIpc) is 2.81. The van der Waals surface area contributed by atoms with Crippen molar-refractivity contribution in [2.45, 2.75) is 24.7 Å². The van der Waals surface area contributed by atoms with E-state index < -0.39 is 53.3 Å². The number of ketones is 1. The van der Waals surface area contributed by atoms with E-state index in [1.54, 1.807) is 0 Å². The molecule has 0 saturated carbocycles. The number of esters is 1. The lowest BCUT2D eigenvalue weighted by Gasteiger charge is -2.21. The SMILES string of the molecule is COC(=O)c1ccc(C(=O)C[C@@H](c2ccc(C(F)(F)F)cc2)c2ncccc2C(F)(F)F)cc1. The molecule has 0 spiro atoms. The number of methoxy groups -OCH3 is 1. The Morgan fingerprint density at radius 3 is 1.97 bits per heavy atom. The Labute approximate surface area is 190 Å². The van der Waals surface area contributed by atoms with Crippen molar-refractivity contribution in [2.24, 2.45) is 0 Å². The maximum atomic E-state index is 13.6. The topological polar surface area (TPSA) is 56.3 Å². The van der Waals surface area contributed by atoms with Gasteiger partial charge < -0.3 is 4.74 Å². The van der Waals surface area contributed by atoms with E-state index in [1.807, 2.05) is 0 Å². The lowest BCUT2D eigenvalue weighted by atomic mass is 9.86. The molecule has 1 aromatic heterocycles. The van der Waals surface area contributed by atoms with Crippen LogP contribution in [0, 0.1) is 0 Å². The summed E-state index contributed by atoms with van der Waals surface area (Å²) in [7, 11) is 1.18. The predicted octanol–water partition coefficient (Wildman–Crippen LogP) is 6.31. The van der Waals surface area contributed by atoms with Gasteiger partial charge in [-0.25, -0.2) is 4.79 Å². The molecule has 0 aliphatic carbocycles. The van der Waals surface area contributed by atoms with Crippen LogP contribution in [0.3, 0.4) is 0 Å². The highest BCUT2D eigenvalue weighted by molar-refractivity contribution is 5.98. The van der Waals surface area contributed by atoms with E-state index in [0.29, 0.717) is 0 Å². The summed E-state index contributed by atoms with van der Waals surface area (Å²) in [5, 5.41) is 0. The predicted molar refractivity (Wildman–Crippen MR) is 109 cm³/mol. The maximum absolute atomic E-state index is 13.6. The first kappa shape index (κ1) is 24.9. The lowest BCUT2D eigenvalue weighted by molar-refractivity contribution is -0.139. The van der Waals surface area contributed by atoms with Crippen LogP contribution in [0.4, 0.5) is 26.3 Å². The zero-order valence-electron chi connectivity index (χ0n) is 17.6. The number of Topliss-reactive ketones (excluding diaryl/α,β-unsaturated/α-hetero) is 1. The van der Waals surface area contributed by atoms with E-state index in [-0.39, 0.29) is 16.7 Å². The Hall–Kier alpha value is -3.69. The van der Waals surface area contributed by atoms with Gasteiger partial charge in [0.2, 0.25) is 0 Å². The summed E-state index contributed by atoms with van der Waals surface area (Å²) in [4.78, 5) is 28.3. The van der Waals surface area contributed by atoms with E-state index >= 15 is 0 Å². The van der Waals surface area contributed by atoms with E-state index in [2.05, 4.69) is 9.72 Å². The summed E-state index contributed by atoms with van der Waals surface area (Å²) < 4.78 is 84.4. The van der Waals surface area contributed by atoms with Gasteiger partial charge in [0.15, 0.2) is 5.78 Å². The molecule has 3 aromatic rings. The van der Waals surface area contributed by atoms with Gasteiger partial charge >= 0.3 is 18.3 Å². The summed E-state index contributed by atoms with van der Waals surface area (Å²) in [6.07, 6.45) is -8.80. The highest BCUT2D eigenvalue weighted by atomic mass is 19.4. The second-order valence-electron chi connectivity index (χ2n) is 7.30. The van der Waals surface area contributed by atoms with Crippen LogP contribution in [0.15, 0.2) is 66.9 Å². The summed E-state index contributed by atoms with van der Waals surface area (Å²) in [5.41, 5.74) is -2.20. The zero-order chi connectivity index (χ0) is 25.1. The van der Waals surface area contributed by atoms with Crippen molar-refractivity contribution < 1.29 is 40.7 Å². The van der Waals surface area contributed by atoms with Gasteiger partial charge in [-0.3, -0.25) is 9.78 Å². The van der Waals surface area contributed by atoms with Crippen LogP contribution in [0.2, 0.25) is 0 Å². The van der Waals surface area contributed by atoms with E-state index in [1.165, 1.54) is 31.4 Å². The first-order valence-corrected chi connectivity index (χ1v) is 9.82. The second kappa shape index (κ2) is 9.66. The van der Waals surface area contributed by atoms with Crippen molar-refractivity contribution in [2.75, 3.05) is 7.11 Å². The number of carbonyl (C=O) groups excluding carboxylic acids is 2. The molecule has 0 fully saturated rings. The van der Waals surface area contributed by atoms with E-state index in [4.69, 9.17) is 0 Å².